The average molecular weight is 328 g/mol. The van der Waals surface area contributed by atoms with E-state index in [4.69, 9.17) is 0 Å². The number of benzene rings is 1. The monoisotopic (exact) mass is 328 g/mol. The van der Waals surface area contributed by atoms with Crippen LogP contribution in [0.1, 0.15) is 28.9 Å². The van der Waals surface area contributed by atoms with Crippen LogP contribution in [0.25, 0.3) is 0 Å². The molecule has 1 amide bonds. The molecule has 2 aromatic rings. The molecule has 0 spiro atoms. The zero-order valence-corrected chi connectivity index (χ0v) is 13.7. The van der Waals surface area contributed by atoms with Crippen LogP contribution in [0.3, 0.4) is 0 Å². The molecule has 24 heavy (non-hydrogen) atoms. The van der Waals surface area contributed by atoms with Crippen LogP contribution in [0.2, 0.25) is 0 Å². The first-order valence-electron chi connectivity index (χ1n) is 8.21. The Morgan fingerprint density at radius 3 is 2.83 bits per heavy atom. The van der Waals surface area contributed by atoms with Crippen molar-refractivity contribution in [2.75, 3.05) is 25.5 Å². The fourth-order valence-corrected chi connectivity index (χ4v) is 3.12. The largest absolute Gasteiger partial charge is 0.372 e. The van der Waals surface area contributed by atoms with Crippen molar-refractivity contribution in [1.82, 2.24) is 15.1 Å². The van der Waals surface area contributed by atoms with E-state index < -0.39 is 5.82 Å². The summed E-state index contributed by atoms with van der Waals surface area (Å²) >= 11 is 0. The van der Waals surface area contributed by atoms with Crippen molar-refractivity contribution >= 4 is 11.7 Å². The molecular formula is C18H21FN4O. The summed E-state index contributed by atoms with van der Waals surface area (Å²) in [6, 6.07) is 10.0. The molecule has 1 aromatic carbocycles. The zero-order chi connectivity index (χ0) is 16.9. The number of halogens is 1. The molecule has 3 rings (SSSR count). The van der Waals surface area contributed by atoms with E-state index in [0.29, 0.717) is 19.0 Å². The average Bonchev–Trinajstić information content (AvgIpc) is 2.62. The van der Waals surface area contributed by atoms with Gasteiger partial charge in [-0.1, -0.05) is 12.1 Å². The van der Waals surface area contributed by atoms with Gasteiger partial charge in [-0.05, 0) is 49.4 Å². The van der Waals surface area contributed by atoms with Crippen molar-refractivity contribution in [3.05, 3.63) is 53.5 Å². The second kappa shape index (κ2) is 7.38. The Hall–Kier alpha value is -2.50. The first-order chi connectivity index (χ1) is 11.7. The second-order valence-corrected chi connectivity index (χ2v) is 6.10. The molecule has 1 aliphatic rings. The predicted molar refractivity (Wildman–Crippen MR) is 90.3 cm³/mol. The van der Waals surface area contributed by atoms with E-state index in [1.807, 2.05) is 12.1 Å². The molecule has 126 valence electrons. The highest BCUT2D eigenvalue weighted by Gasteiger charge is 2.26. The summed E-state index contributed by atoms with van der Waals surface area (Å²) in [5, 5.41) is 11.2. The molecule has 5 nitrogen and oxygen atoms in total. The second-order valence-electron chi connectivity index (χ2n) is 6.10. The van der Waals surface area contributed by atoms with Crippen molar-refractivity contribution in [2.45, 2.75) is 19.3 Å². The number of piperidine rings is 1. The van der Waals surface area contributed by atoms with E-state index in [1.165, 1.54) is 6.07 Å². The molecule has 0 aliphatic carbocycles. The number of nitrogens with zero attached hydrogens (tertiary/aromatic N) is 3. The molecule has 1 aliphatic heterocycles. The highest BCUT2D eigenvalue weighted by molar-refractivity contribution is 5.94. The first kappa shape index (κ1) is 16.4. The van der Waals surface area contributed by atoms with Gasteiger partial charge in [0, 0.05) is 20.1 Å². The number of anilines is 1. The molecule has 1 aromatic heterocycles. The summed E-state index contributed by atoms with van der Waals surface area (Å²) in [5.74, 6) is 0.371. The molecule has 2 heterocycles. The Morgan fingerprint density at radius 1 is 1.29 bits per heavy atom. The normalized spacial score (nSPS) is 17.6. The van der Waals surface area contributed by atoms with Crippen LogP contribution >= 0.6 is 0 Å². The van der Waals surface area contributed by atoms with Gasteiger partial charge in [0.15, 0.2) is 0 Å². The molecule has 1 fully saturated rings. The molecule has 1 atom stereocenters. The maximum absolute atomic E-state index is 13.8. The van der Waals surface area contributed by atoms with Gasteiger partial charge in [0.25, 0.3) is 5.91 Å². The minimum atomic E-state index is -0.460. The number of aromatic nitrogens is 2. The van der Waals surface area contributed by atoms with Crippen molar-refractivity contribution in [2.24, 2.45) is 5.92 Å². The van der Waals surface area contributed by atoms with Crippen molar-refractivity contribution < 1.29 is 9.18 Å². The molecule has 0 saturated carbocycles. The van der Waals surface area contributed by atoms with Gasteiger partial charge in [-0.3, -0.25) is 4.79 Å². The van der Waals surface area contributed by atoms with Gasteiger partial charge in [0.2, 0.25) is 0 Å². The Morgan fingerprint density at radius 2 is 2.12 bits per heavy atom. The summed E-state index contributed by atoms with van der Waals surface area (Å²) in [6.45, 7) is 1.30. The topological polar surface area (TPSA) is 58.1 Å². The van der Waals surface area contributed by atoms with Crippen LogP contribution in [0, 0.1) is 11.7 Å². The number of likely N-dealkylation sites (tertiary alicyclic amines) is 1. The van der Waals surface area contributed by atoms with Crippen LogP contribution in [-0.2, 0) is 6.42 Å². The van der Waals surface area contributed by atoms with Gasteiger partial charge < -0.3 is 10.2 Å². The minimum Gasteiger partial charge on any atom is -0.372 e. The lowest BCUT2D eigenvalue weighted by molar-refractivity contribution is 0.0668. The third-order valence-corrected chi connectivity index (χ3v) is 4.38. The summed E-state index contributed by atoms with van der Waals surface area (Å²) in [4.78, 5) is 14.3. The fraction of sp³-hybridized carbons (Fsp3) is 0.389. The van der Waals surface area contributed by atoms with Gasteiger partial charge in [-0.15, -0.1) is 5.10 Å². The Bertz CT molecular complexity index is 704. The number of rotatable bonds is 4. The van der Waals surface area contributed by atoms with Gasteiger partial charge in [0.05, 0.1) is 11.3 Å². The molecule has 0 bridgehead atoms. The summed E-state index contributed by atoms with van der Waals surface area (Å²) < 4.78 is 13.8. The van der Waals surface area contributed by atoms with Crippen LogP contribution in [0.4, 0.5) is 10.2 Å². The van der Waals surface area contributed by atoms with Gasteiger partial charge in [-0.2, -0.15) is 5.10 Å². The molecule has 0 radical (unpaired) electrons. The number of carbonyl (C=O) groups is 1. The first-order valence-corrected chi connectivity index (χ1v) is 8.21. The van der Waals surface area contributed by atoms with Crippen molar-refractivity contribution in [1.29, 1.82) is 0 Å². The standard InChI is InChI=1S/C18H21FN4O/c1-20-17-9-8-14(21-22-17)11-13-5-4-10-23(12-13)18(24)15-6-2-3-7-16(15)19/h2-3,6-9,13H,4-5,10-12H2,1H3,(H,20,22)/t13-/m1/s1. The maximum atomic E-state index is 13.8. The minimum absolute atomic E-state index is 0.149. The molecule has 6 heteroatoms. The van der Waals surface area contributed by atoms with Crippen LogP contribution < -0.4 is 5.32 Å². The predicted octanol–water partition coefficient (Wildman–Crippen LogP) is 2.75. The van der Waals surface area contributed by atoms with E-state index in [0.717, 1.165) is 30.8 Å². The number of hydrogen-bond donors (Lipinski definition) is 1. The molecule has 0 unspecified atom stereocenters. The SMILES string of the molecule is CNc1ccc(C[C@H]2CCCN(C(=O)c3ccccc3F)C2)nn1. The summed E-state index contributed by atoms with van der Waals surface area (Å²) in [7, 11) is 1.80. The third kappa shape index (κ3) is 3.69. The van der Waals surface area contributed by atoms with E-state index in [2.05, 4.69) is 15.5 Å². The van der Waals surface area contributed by atoms with Crippen LogP contribution in [0.15, 0.2) is 36.4 Å². The van der Waals surface area contributed by atoms with E-state index in [-0.39, 0.29) is 11.5 Å². The third-order valence-electron chi connectivity index (χ3n) is 4.38. The number of amides is 1. The van der Waals surface area contributed by atoms with E-state index in [1.54, 1.807) is 30.1 Å². The summed E-state index contributed by atoms with van der Waals surface area (Å²) in [5.41, 5.74) is 1.07. The fourth-order valence-electron chi connectivity index (χ4n) is 3.12. The highest BCUT2D eigenvalue weighted by atomic mass is 19.1. The number of nitrogens with one attached hydrogen (secondary N) is 1. The molecule has 1 saturated heterocycles. The van der Waals surface area contributed by atoms with Crippen LogP contribution in [0.5, 0.6) is 0 Å². The zero-order valence-electron chi connectivity index (χ0n) is 13.7. The van der Waals surface area contributed by atoms with Gasteiger partial charge in [0.1, 0.15) is 11.6 Å². The number of hydrogen-bond acceptors (Lipinski definition) is 4. The van der Waals surface area contributed by atoms with Gasteiger partial charge >= 0.3 is 0 Å². The van der Waals surface area contributed by atoms with Crippen LogP contribution in [-0.4, -0.2) is 41.1 Å². The van der Waals surface area contributed by atoms with Crippen molar-refractivity contribution in [3.63, 3.8) is 0 Å². The maximum Gasteiger partial charge on any atom is 0.256 e. The molecule has 1 N–H and O–H groups in total. The Kier molecular flexibility index (Phi) is 5.03. The van der Waals surface area contributed by atoms with E-state index in [9.17, 15) is 9.18 Å². The smallest absolute Gasteiger partial charge is 0.256 e. The molecular weight excluding hydrogens is 307 g/mol. The lowest BCUT2D eigenvalue weighted by Crippen LogP contribution is -2.40. The van der Waals surface area contributed by atoms with E-state index >= 15 is 0 Å². The van der Waals surface area contributed by atoms with Gasteiger partial charge in [-0.25, -0.2) is 4.39 Å². The summed E-state index contributed by atoms with van der Waals surface area (Å²) in [6.07, 6.45) is 2.74. The highest BCUT2D eigenvalue weighted by Crippen LogP contribution is 2.22. The number of carbonyl (C=O) groups excluding carboxylic acids is 1. The Labute approximate surface area is 140 Å². The lowest BCUT2D eigenvalue weighted by Gasteiger charge is -2.32. The van der Waals surface area contributed by atoms with Crippen molar-refractivity contribution in [3.8, 4) is 0 Å². The lowest BCUT2D eigenvalue weighted by atomic mass is 9.93. The quantitative estimate of drug-likeness (QED) is 0.937. The Balaban J connectivity index is 1.65.